The van der Waals surface area contributed by atoms with Crippen molar-refractivity contribution in [1.82, 2.24) is 15.3 Å². The molecule has 0 unspecified atom stereocenters. The molecule has 1 heterocycles. The van der Waals surface area contributed by atoms with Crippen molar-refractivity contribution in [2.75, 3.05) is 13.6 Å². The van der Waals surface area contributed by atoms with Crippen LogP contribution >= 0.6 is 0 Å². The first kappa shape index (κ1) is 10.7. The predicted molar refractivity (Wildman–Crippen MR) is 56.9 cm³/mol. The first-order valence-electron chi connectivity index (χ1n) is 4.69. The van der Waals surface area contributed by atoms with E-state index < -0.39 is 0 Å². The Kier molecular flexibility index (Phi) is 4.09. The standard InChI is InChI=1S/C11H15N3/c1-9(2)11-13-7-10(8-14-11)5-4-6-12-3/h7-9,12H,6H2,1-3H3. The van der Waals surface area contributed by atoms with Crippen LogP contribution in [0.2, 0.25) is 0 Å². The Labute approximate surface area is 85.0 Å². The molecular formula is C11H15N3. The largest absolute Gasteiger partial charge is 0.309 e. The molecule has 3 nitrogen and oxygen atoms in total. The molecule has 0 radical (unpaired) electrons. The third-order valence-electron chi connectivity index (χ3n) is 1.69. The summed E-state index contributed by atoms with van der Waals surface area (Å²) in [6, 6.07) is 0. The molecule has 0 spiro atoms. The summed E-state index contributed by atoms with van der Waals surface area (Å²) < 4.78 is 0. The van der Waals surface area contributed by atoms with E-state index in [2.05, 4.69) is 41.0 Å². The highest BCUT2D eigenvalue weighted by molar-refractivity contribution is 5.29. The van der Waals surface area contributed by atoms with E-state index in [-0.39, 0.29) is 0 Å². The van der Waals surface area contributed by atoms with Crippen molar-refractivity contribution in [2.24, 2.45) is 0 Å². The maximum Gasteiger partial charge on any atom is 0.130 e. The average molecular weight is 189 g/mol. The predicted octanol–water partition coefficient (Wildman–Crippen LogP) is 1.17. The lowest BCUT2D eigenvalue weighted by Gasteiger charge is -2.00. The van der Waals surface area contributed by atoms with Gasteiger partial charge in [-0.15, -0.1) is 0 Å². The molecule has 0 aliphatic heterocycles. The highest BCUT2D eigenvalue weighted by Gasteiger charge is 2.00. The van der Waals surface area contributed by atoms with Crippen LogP contribution in [0.5, 0.6) is 0 Å². The Bertz CT molecular complexity index is 330. The third kappa shape index (κ3) is 3.15. The van der Waals surface area contributed by atoms with Crippen LogP contribution in [-0.2, 0) is 0 Å². The van der Waals surface area contributed by atoms with Gasteiger partial charge in [-0.1, -0.05) is 25.7 Å². The van der Waals surface area contributed by atoms with Crippen LogP contribution in [0.3, 0.4) is 0 Å². The molecule has 0 fully saturated rings. The second kappa shape index (κ2) is 5.36. The number of hydrogen-bond acceptors (Lipinski definition) is 3. The number of nitrogens with zero attached hydrogens (tertiary/aromatic N) is 2. The molecule has 0 amide bonds. The number of hydrogen-bond donors (Lipinski definition) is 1. The van der Waals surface area contributed by atoms with E-state index in [0.717, 1.165) is 11.4 Å². The lowest BCUT2D eigenvalue weighted by atomic mass is 10.2. The highest BCUT2D eigenvalue weighted by Crippen LogP contribution is 2.06. The van der Waals surface area contributed by atoms with Crippen LogP contribution < -0.4 is 5.32 Å². The van der Waals surface area contributed by atoms with Crippen LogP contribution in [0.1, 0.15) is 31.2 Å². The van der Waals surface area contributed by atoms with Gasteiger partial charge in [0.15, 0.2) is 0 Å². The number of rotatable bonds is 2. The van der Waals surface area contributed by atoms with Gasteiger partial charge < -0.3 is 5.32 Å². The molecule has 1 aromatic rings. The van der Waals surface area contributed by atoms with Crippen molar-refractivity contribution in [2.45, 2.75) is 19.8 Å². The number of aromatic nitrogens is 2. The summed E-state index contributed by atoms with van der Waals surface area (Å²) >= 11 is 0. The zero-order valence-corrected chi connectivity index (χ0v) is 8.83. The zero-order chi connectivity index (χ0) is 10.4. The molecule has 1 rings (SSSR count). The Hall–Kier alpha value is -1.40. The average Bonchev–Trinajstić information content (AvgIpc) is 2.19. The zero-order valence-electron chi connectivity index (χ0n) is 8.83. The van der Waals surface area contributed by atoms with Crippen LogP contribution in [0.4, 0.5) is 0 Å². The molecule has 0 saturated carbocycles. The third-order valence-corrected chi connectivity index (χ3v) is 1.69. The van der Waals surface area contributed by atoms with E-state index in [9.17, 15) is 0 Å². The maximum atomic E-state index is 4.22. The van der Waals surface area contributed by atoms with Gasteiger partial charge in [0.05, 0.1) is 12.1 Å². The van der Waals surface area contributed by atoms with Crippen molar-refractivity contribution in [1.29, 1.82) is 0 Å². The SMILES string of the molecule is CNCC#Cc1cnc(C(C)C)nc1. The van der Waals surface area contributed by atoms with E-state index in [1.54, 1.807) is 12.4 Å². The molecular weight excluding hydrogens is 174 g/mol. The Morgan fingerprint density at radius 3 is 2.50 bits per heavy atom. The van der Waals surface area contributed by atoms with Crippen LogP contribution in [0, 0.1) is 11.8 Å². The van der Waals surface area contributed by atoms with E-state index in [1.807, 2.05) is 7.05 Å². The molecule has 3 heteroatoms. The summed E-state index contributed by atoms with van der Waals surface area (Å²) in [6.45, 7) is 4.83. The van der Waals surface area contributed by atoms with E-state index in [1.165, 1.54) is 0 Å². The molecule has 14 heavy (non-hydrogen) atoms. The van der Waals surface area contributed by atoms with Gasteiger partial charge in [0.25, 0.3) is 0 Å². The minimum Gasteiger partial charge on any atom is -0.309 e. The normalized spacial score (nSPS) is 9.71. The molecule has 1 N–H and O–H groups in total. The molecule has 0 aliphatic carbocycles. The van der Waals surface area contributed by atoms with Crippen molar-refractivity contribution >= 4 is 0 Å². The molecule has 74 valence electrons. The summed E-state index contributed by atoms with van der Waals surface area (Å²) in [7, 11) is 1.87. The quantitative estimate of drug-likeness (QED) is 0.710. The van der Waals surface area contributed by atoms with Crippen LogP contribution in [0.15, 0.2) is 12.4 Å². The number of nitrogens with one attached hydrogen (secondary N) is 1. The fourth-order valence-electron chi connectivity index (χ4n) is 0.935. The summed E-state index contributed by atoms with van der Waals surface area (Å²) in [5.74, 6) is 7.17. The lowest BCUT2D eigenvalue weighted by Crippen LogP contribution is -2.04. The molecule has 1 aromatic heterocycles. The smallest absolute Gasteiger partial charge is 0.130 e. The minimum absolute atomic E-state index is 0.370. The van der Waals surface area contributed by atoms with E-state index >= 15 is 0 Å². The topological polar surface area (TPSA) is 37.8 Å². The second-order valence-corrected chi connectivity index (χ2v) is 3.32. The van der Waals surface area contributed by atoms with Gasteiger partial charge in [-0.3, -0.25) is 0 Å². The van der Waals surface area contributed by atoms with Gasteiger partial charge in [0.1, 0.15) is 5.82 Å². The minimum atomic E-state index is 0.370. The molecule has 0 saturated heterocycles. The van der Waals surface area contributed by atoms with Gasteiger partial charge in [0.2, 0.25) is 0 Å². The van der Waals surface area contributed by atoms with Crippen molar-refractivity contribution in [3.8, 4) is 11.8 Å². The Balaban J connectivity index is 2.70. The molecule has 0 bridgehead atoms. The van der Waals surface area contributed by atoms with Gasteiger partial charge >= 0.3 is 0 Å². The Morgan fingerprint density at radius 1 is 1.36 bits per heavy atom. The van der Waals surface area contributed by atoms with Gasteiger partial charge in [-0.05, 0) is 7.05 Å². The van der Waals surface area contributed by atoms with Gasteiger partial charge in [0, 0.05) is 18.3 Å². The molecule has 0 aliphatic rings. The fourth-order valence-corrected chi connectivity index (χ4v) is 0.935. The fraction of sp³-hybridized carbons (Fsp3) is 0.455. The van der Waals surface area contributed by atoms with Crippen molar-refractivity contribution < 1.29 is 0 Å². The van der Waals surface area contributed by atoms with E-state index in [0.29, 0.717) is 12.5 Å². The first-order valence-corrected chi connectivity index (χ1v) is 4.69. The van der Waals surface area contributed by atoms with Gasteiger partial charge in [-0.25, -0.2) is 9.97 Å². The molecule has 0 aromatic carbocycles. The summed E-state index contributed by atoms with van der Waals surface area (Å²) in [5, 5.41) is 2.95. The van der Waals surface area contributed by atoms with Crippen LogP contribution in [-0.4, -0.2) is 23.6 Å². The first-order chi connectivity index (χ1) is 6.74. The summed E-state index contributed by atoms with van der Waals surface area (Å²) in [5.41, 5.74) is 0.865. The second-order valence-electron chi connectivity index (χ2n) is 3.32. The summed E-state index contributed by atoms with van der Waals surface area (Å²) in [6.07, 6.45) is 3.54. The van der Waals surface area contributed by atoms with Crippen molar-refractivity contribution in [3.63, 3.8) is 0 Å². The van der Waals surface area contributed by atoms with Crippen LogP contribution in [0.25, 0.3) is 0 Å². The maximum absolute atomic E-state index is 4.22. The van der Waals surface area contributed by atoms with E-state index in [4.69, 9.17) is 0 Å². The Morgan fingerprint density at radius 2 is 2.00 bits per heavy atom. The van der Waals surface area contributed by atoms with Gasteiger partial charge in [-0.2, -0.15) is 0 Å². The lowest BCUT2D eigenvalue weighted by molar-refractivity contribution is 0.773. The monoisotopic (exact) mass is 189 g/mol. The highest BCUT2D eigenvalue weighted by atomic mass is 14.9. The molecule has 0 atom stereocenters. The van der Waals surface area contributed by atoms with Crippen molar-refractivity contribution in [3.05, 3.63) is 23.8 Å². The summed E-state index contributed by atoms with van der Waals surface area (Å²) in [4.78, 5) is 8.45.